The molecule has 0 bridgehead atoms. The number of fused-ring (bicyclic) bond motifs is 1. The zero-order valence-electron chi connectivity index (χ0n) is 35.7. The normalized spacial score (nSPS) is 15.9. The van der Waals surface area contributed by atoms with E-state index in [9.17, 15) is 19.2 Å². The second-order valence-electron chi connectivity index (χ2n) is 13.8. The molecule has 5 rings (SSSR count). The third-order valence-electron chi connectivity index (χ3n) is 9.52. The van der Waals surface area contributed by atoms with Gasteiger partial charge in [0.05, 0.1) is 59.3 Å². The van der Waals surface area contributed by atoms with E-state index < -0.39 is 36.0 Å². The van der Waals surface area contributed by atoms with Crippen molar-refractivity contribution in [3.8, 4) is 23.0 Å². The number of hydrogen-bond donors (Lipinski definition) is 2. The molecule has 0 spiro atoms. The zero-order chi connectivity index (χ0) is 44.7. The lowest BCUT2D eigenvalue weighted by Crippen LogP contribution is -2.33. The monoisotopic (exact) mass is 852 g/mol. The number of anilines is 2. The molecule has 4 atom stereocenters. The number of esters is 2. The Morgan fingerprint density at radius 3 is 2.15 bits per heavy atom. The van der Waals surface area contributed by atoms with E-state index in [1.807, 2.05) is 72.8 Å². The molecule has 4 aromatic carbocycles. The molecule has 0 fully saturated rings. The minimum absolute atomic E-state index is 0.117. The first kappa shape index (κ1) is 48.0. The van der Waals surface area contributed by atoms with Crippen molar-refractivity contribution in [2.45, 2.75) is 62.9 Å². The van der Waals surface area contributed by atoms with E-state index in [2.05, 4.69) is 28.5 Å². The molecule has 2 N–H and O–H groups in total. The first-order valence-corrected chi connectivity index (χ1v) is 20.1. The Balaban J connectivity index is 0.000000273. The third-order valence-corrected chi connectivity index (χ3v) is 9.52. The smallest absolute Gasteiger partial charge is 0.308 e. The number of carbonyl (C=O) groups is 4. The molecule has 1 heterocycles. The highest BCUT2D eigenvalue weighted by Gasteiger charge is 2.27. The van der Waals surface area contributed by atoms with Crippen LogP contribution in [0.3, 0.4) is 0 Å². The number of methoxy groups -OCH3 is 4. The molecular formula is C48H56N2O12. The van der Waals surface area contributed by atoms with Gasteiger partial charge in [0.1, 0.15) is 47.4 Å². The standard InChI is InChI=1S/C25H29NO6.C23H27NO6/c1-5-9-21(18-12-14-19(29-3)15-13-18)32-22-11-8-7-10-20(22)26-25(28)23(31-16-6-2)17-24(27)30-4;1-27-17-12-10-16(11-13-17)19-8-5-6-14-29-21(15-22(25)28-2)23(26)24-18-7-3-4-9-20(18)30-19/h5-8,10-15,21,23H,1-2,9,16-17H2,3-4H3,(H,26,28);3-4,7,9-13,19,21H,5-6,8,14-15H2,1-2H3,(H,24,26). The van der Waals surface area contributed by atoms with Crippen LogP contribution in [-0.4, -0.2) is 77.6 Å². The highest BCUT2D eigenvalue weighted by Crippen LogP contribution is 2.34. The fourth-order valence-electron chi connectivity index (χ4n) is 6.18. The number of nitrogens with one attached hydrogen (secondary N) is 2. The van der Waals surface area contributed by atoms with Crippen molar-refractivity contribution in [2.75, 3.05) is 52.3 Å². The van der Waals surface area contributed by atoms with Crippen molar-refractivity contribution in [3.63, 3.8) is 0 Å². The van der Waals surface area contributed by atoms with E-state index in [1.54, 1.807) is 44.6 Å². The zero-order valence-corrected chi connectivity index (χ0v) is 35.7. The van der Waals surface area contributed by atoms with E-state index in [4.69, 9.17) is 33.2 Å². The van der Waals surface area contributed by atoms with Crippen LogP contribution >= 0.6 is 0 Å². The van der Waals surface area contributed by atoms with Crippen LogP contribution in [0.5, 0.6) is 23.0 Å². The Labute approximate surface area is 363 Å². The van der Waals surface area contributed by atoms with Crippen molar-refractivity contribution in [1.29, 1.82) is 0 Å². The Hall–Kier alpha value is -6.64. The van der Waals surface area contributed by atoms with Crippen LogP contribution in [0.25, 0.3) is 0 Å². The topological polar surface area (TPSA) is 166 Å². The summed E-state index contributed by atoms with van der Waals surface area (Å²) in [6, 6.07) is 29.6. The summed E-state index contributed by atoms with van der Waals surface area (Å²) in [7, 11) is 5.79. The summed E-state index contributed by atoms with van der Waals surface area (Å²) in [4.78, 5) is 48.9. The van der Waals surface area contributed by atoms with E-state index in [-0.39, 0.29) is 31.7 Å². The molecular weight excluding hydrogens is 797 g/mol. The third kappa shape index (κ3) is 15.1. The van der Waals surface area contributed by atoms with Crippen LogP contribution in [0.2, 0.25) is 0 Å². The lowest BCUT2D eigenvalue weighted by atomic mass is 10.0. The molecule has 0 radical (unpaired) electrons. The van der Waals surface area contributed by atoms with Gasteiger partial charge in [0.2, 0.25) is 0 Å². The van der Waals surface area contributed by atoms with Gasteiger partial charge in [0.15, 0.2) is 0 Å². The van der Waals surface area contributed by atoms with Gasteiger partial charge in [0, 0.05) is 13.0 Å². The van der Waals surface area contributed by atoms with Crippen molar-refractivity contribution < 1.29 is 57.1 Å². The highest BCUT2D eigenvalue weighted by atomic mass is 16.5. The summed E-state index contributed by atoms with van der Waals surface area (Å²) in [5.41, 5.74) is 2.94. The van der Waals surface area contributed by atoms with Gasteiger partial charge in [-0.2, -0.15) is 0 Å². The molecule has 0 saturated carbocycles. The van der Waals surface area contributed by atoms with Crippen LogP contribution in [0.1, 0.15) is 61.9 Å². The molecule has 14 nitrogen and oxygen atoms in total. The molecule has 2 amide bonds. The number of hydrogen-bond acceptors (Lipinski definition) is 12. The molecule has 14 heteroatoms. The number of benzene rings is 4. The van der Waals surface area contributed by atoms with Crippen molar-refractivity contribution in [2.24, 2.45) is 0 Å². The minimum atomic E-state index is -1.03. The second-order valence-corrected chi connectivity index (χ2v) is 13.8. The van der Waals surface area contributed by atoms with E-state index in [0.717, 1.165) is 41.9 Å². The molecule has 1 aliphatic heterocycles. The summed E-state index contributed by atoms with van der Waals surface area (Å²) in [6.07, 6.45) is 3.38. The SMILES string of the molecule is C=CCOC(CC(=O)OC)C(=O)Nc1ccccc1OC(CC=C)c1ccc(OC)cc1.COC(=O)CC1OCCCCC(c2ccc(OC)cc2)Oc2ccccc2NC1=O. The highest BCUT2D eigenvalue weighted by molar-refractivity contribution is 5.98. The fourth-order valence-corrected chi connectivity index (χ4v) is 6.18. The molecule has 0 aromatic heterocycles. The van der Waals surface area contributed by atoms with Crippen molar-refractivity contribution >= 4 is 35.1 Å². The van der Waals surface area contributed by atoms with Crippen LogP contribution < -0.4 is 29.6 Å². The van der Waals surface area contributed by atoms with Crippen molar-refractivity contribution in [1.82, 2.24) is 0 Å². The van der Waals surface area contributed by atoms with Gasteiger partial charge in [-0.1, -0.05) is 60.7 Å². The summed E-state index contributed by atoms with van der Waals surface area (Å²) >= 11 is 0. The molecule has 0 saturated heterocycles. The summed E-state index contributed by atoms with van der Waals surface area (Å²) in [5, 5.41) is 5.62. The maximum Gasteiger partial charge on any atom is 0.308 e. The van der Waals surface area contributed by atoms with E-state index >= 15 is 0 Å². The average molecular weight is 853 g/mol. The Bertz CT molecular complexity index is 2050. The maximum absolute atomic E-state index is 12.8. The Morgan fingerprint density at radius 2 is 1.48 bits per heavy atom. The lowest BCUT2D eigenvalue weighted by Gasteiger charge is -2.24. The van der Waals surface area contributed by atoms with Gasteiger partial charge in [-0.15, -0.1) is 13.2 Å². The van der Waals surface area contributed by atoms with Crippen LogP contribution in [0.4, 0.5) is 11.4 Å². The van der Waals surface area contributed by atoms with Crippen LogP contribution in [-0.2, 0) is 38.1 Å². The van der Waals surface area contributed by atoms with Gasteiger partial charge < -0.3 is 48.5 Å². The quantitative estimate of drug-likeness (QED) is 0.0772. The summed E-state index contributed by atoms with van der Waals surface area (Å²) < 4.78 is 43.5. The molecule has 1 aliphatic rings. The van der Waals surface area contributed by atoms with Crippen molar-refractivity contribution in [3.05, 3.63) is 133 Å². The Morgan fingerprint density at radius 1 is 0.823 bits per heavy atom. The summed E-state index contributed by atoms with van der Waals surface area (Å²) in [6.45, 7) is 7.87. The fraction of sp³-hybridized carbons (Fsp3) is 0.333. The molecule has 330 valence electrons. The number of carbonyl (C=O) groups excluding carboxylic acids is 4. The maximum atomic E-state index is 12.8. The number of rotatable bonds is 17. The van der Waals surface area contributed by atoms with Gasteiger partial charge in [-0.3, -0.25) is 19.2 Å². The average Bonchev–Trinajstić information content (AvgIpc) is 3.30. The molecule has 0 aliphatic carbocycles. The summed E-state index contributed by atoms with van der Waals surface area (Å²) in [5.74, 6) is 0.624. The first-order chi connectivity index (χ1) is 30.1. The largest absolute Gasteiger partial charge is 0.497 e. The number of para-hydroxylation sites is 4. The van der Waals surface area contributed by atoms with E-state index in [0.29, 0.717) is 35.9 Å². The predicted octanol–water partition coefficient (Wildman–Crippen LogP) is 8.35. The number of ether oxygens (including phenoxy) is 8. The Kier molecular flexibility index (Phi) is 20.0. The first-order valence-electron chi connectivity index (χ1n) is 20.1. The van der Waals surface area contributed by atoms with Gasteiger partial charge in [-0.25, -0.2) is 0 Å². The second kappa shape index (κ2) is 25.9. The lowest BCUT2D eigenvalue weighted by molar-refractivity contribution is -0.147. The minimum Gasteiger partial charge on any atom is -0.497 e. The van der Waals surface area contributed by atoms with Gasteiger partial charge >= 0.3 is 11.9 Å². The van der Waals surface area contributed by atoms with Crippen LogP contribution in [0.15, 0.2) is 122 Å². The predicted molar refractivity (Wildman–Crippen MR) is 234 cm³/mol. The van der Waals surface area contributed by atoms with Gasteiger partial charge in [0.25, 0.3) is 11.8 Å². The molecule has 62 heavy (non-hydrogen) atoms. The molecule has 4 aromatic rings. The van der Waals surface area contributed by atoms with E-state index in [1.165, 1.54) is 20.3 Å². The number of amides is 2. The van der Waals surface area contributed by atoms with Gasteiger partial charge in [-0.05, 0) is 78.9 Å². The van der Waals surface area contributed by atoms with Crippen LogP contribution in [0, 0.1) is 0 Å². The molecule has 4 unspecified atom stereocenters.